The summed E-state index contributed by atoms with van der Waals surface area (Å²) in [6, 6.07) is 0. The molecule has 0 aliphatic carbocycles. The highest BCUT2D eigenvalue weighted by Crippen LogP contribution is 2.34. The fourth-order valence-electron chi connectivity index (χ4n) is 1.35. The first-order valence-corrected chi connectivity index (χ1v) is 5.38. The Hall–Kier alpha value is -1.19. The van der Waals surface area contributed by atoms with Crippen molar-refractivity contribution in [2.24, 2.45) is 0 Å². The van der Waals surface area contributed by atoms with Crippen molar-refractivity contribution in [3.05, 3.63) is 16.1 Å². The van der Waals surface area contributed by atoms with E-state index in [1.807, 2.05) is 0 Å². The maximum Gasteiger partial charge on any atom is 0.443 e. The Morgan fingerprint density at radius 1 is 1.65 bits per heavy atom. The molecule has 0 aromatic carbocycles. The second-order valence-corrected chi connectivity index (χ2v) is 4.17. The standard InChI is InChI=1S/C8H7F3N2O3S/c9-8(10,11)7-13-3(2-17-7)4-1-12-5(16-4)6(14)15/h2,4-5,12H,1H2,(H,14,15)/p-1. The summed E-state index contributed by atoms with van der Waals surface area (Å²) in [5, 5.41) is 13.1. The van der Waals surface area contributed by atoms with Gasteiger partial charge in [0.1, 0.15) is 12.3 Å². The second-order valence-electron chi connectivity index (χ2n) is 3.31. The number of carbonyl (C=O) groups excluding carboxylic acids is 1. The molecular formula is C8H6F3N2O3S-. The van der Waals surface area contributed by atoms with Gasteiger partial charge in [-0.1, -0.05) is 0 Å². The molecule has 94 valence electrons. The van der Waals surface area contributed by atoms with E-state index in [1.165, 1.54) is 5.38 Å². The summed E-state index contributed by atoms with van der Waals surface area (Å²) < 4.78 is 41.8. The topological polar surface area (TPSA) is 74.3 Å². The van der Waals surface area contributed by atoms with Crippen LogP contribution in [-0.4, -0.2) is 23.7 Å². The van der Waals surface area contributed by atoms with E-state index < -0.39 is 29.5 Å². The van der Waals surface area contributed by atoms with E-state index in [-0.39, 0.29) is 12.2 Å². The zero-order valence-corrected chi connectivity index (χ0v) is 8.97. The third kappa shape index (κ3) is 2.56. The van der Waals surface area contributed by atoms with Crippen LogP contribution >= 0.6 is 11.3 Å². The van der Waals surface area contributed by atoms with Gasteiger partial charge in [-0.05, 0) is 0 Å². The van der Waals surface area contributed by atoms with Gasteiger partial charge in [0.15, 0.2) is 5.01 Å². The number of nitrogens with zero attached hydrogens (tertiary/aromatic N) is 1. The first-order chi connectivity index (χ1) is 7.88. The summed E-state index contributed by atoms with van der Waals surface area (Å²) in [7, 11) is 0. The number of aromatic nitrogens is 1. The summed E-state index contributed by atoms with van der Waals surface area (Å²) in [5.41, 5.74) is 0.0681. The van der Waals surface area contributed by atoms with Crippen LogP contribution in [0.2, 0.25) is 0 Å². The lowest BCUT2D eigenvalue weighted by atomic mass is 10.3. The molecule has 2 atom stereocenters. The Kier molecular flexibility index (Phi) is 3.06. The number of hydrogen-bond donors (Lipinski definition) is 1. The van der Waals surface area contributed by atoms with Crippen LogP contribution in [0.15, 0.2) is 5.38 Å². The zero-order valence-electron chi connectivity index (χ0n) is 8.15. The summed E-state index contributed by atoms with van der Waals surface area (Å²) in [4.78, 5) is 13.8. The predicted octanol–water partition coefficient (Wildman–Crippen LogP) is -0.101. The minimum atomic E-state index is -4.50. The van der Waals surface area contributed by atoms with E-state index in [9.17, 15) is 23.1 Å². The Balaban J connectivity index is 2.10. The van der Waals surface area contributed by atoms with Crippen molar-refractivity contribution in [2.45, 2.75) is 18.5 Å². The van der Waals surface area contributed by atoms with Crippen molar-refractivity contribution >= 4 is 17.3 Å². The molecule has 1 fully saturated rings. The van der Waals surface area contributed by atoms with E-state index >= 15 is 0 Å². The van der Waals surface area contributed by atoms with Crippen molar-refractivity contribution in [3.63, 3.8) is 0 Å². The summed E-state index contributed by atoms with van der Waals surface area (Å²) >= 11 is 0.446. The molecule has 1 aliphatic heterocycles. The Labute approximate surface area is 97.2 Å². The van der Waals surface area contributed by atoms with Crippen LogP contribution in [0.25, 0.3) is 0 Å². The largest absolute Gasteiger partial charge is 0.546 e. The molecule has 0 bridgehead atoms. The fraction of sp³-hybridized carbons (Fsp3) is 0.500. The van der Waals surface area contributed by atoms with Gasteiger partial charge in [0.2, 0.25) is 0 Å². The molecular weight excluding hydrogens is 261 g/mol. The molecule has 0 spiro atoms. The zero-order chi connectivity index (χ0) is 12.6. The van der Waals surface area contributed by atoms with Crippen molar-refractivity contribution in [1.82, 2.24) is 10.3 Å². The molecule has 2 rings (SSSR count). The predicted molar refractivity (Wildman–Crippen MR) is 47.7 cm³/mol. The fourth-order valence-corrected chi connectivity index (χ4v) is 2.08. The molecule has 17 heavy (non-hydrogen) atoms. The van der Waals surface area contributed by atoms with Crippen LogP contribution in [0.5, 0.6) is 0 Å². The Bertz CT molecular complexity index is 434. The first kappa shape index (κ1) is 12.3. The van der Waals surface area contributed by atoms with Gasteiger partial charge in [0.25, 0.3) is 0 Å². The van der Waals surface area contributed by atoms with Crippen LogP contribution in [0.4, 0.5) is 13.2 Å². The van der Waals surface area contributed by atoms with Crippen LogP contribution in [0.1, 0.15) is 16.8 Å². The molecule has 1 aromatic rings. The van der Waals surface area contributed by atoms with E-state index in [0.717, 1.165) is 0 Å². The van der Waals surface area contributed by atoms with Gasteiger partial charge < -0.3 is 14.6 Å². The third-order valence-electron chi connectivity index (χ3n) is 2.10. The van der Waals surface area contributed by atoms with E-state index in [1.54, 1.807) is 0 Å². The van der Waals surface area contributed by atoms with Gasteiger partial charge in [0, 0.05) is 11.9 Å². The number of thiazole rings is 1. The maximum atomic E-state index is 12.3. The number of rotatable bonds is 2. The van der Waals surface area contributed by atoms with Gasteiger partial charge in [-0.2, -0.15) is 13.2 Å². The second kappa shape index (κ2) is 4.24. The molecule has 1 aliphatic rings. The van der Waals surface area contributed by atoms with E-state index in [2.05, 4.69) is 10.3 Å². The highest BCUT2D eigenvalue weighted by molar-refractivity contribution is 7.09. The molecule has 2 heterocycles. The van der Waals surface area contributed by atoms with Gasteiger partial charge in [-0.25, -0.2) is 4.98 Å². The number of ether oxygens (including phenoxy) is 1. The Morgan fingerprint density at radius 3 is 2.82 bits per heavy atom. The molecule has 5 nitrogen and oxygen atoms in total. The average Bonchev–Trinajstić information content (AvgIpc) is 2.85. The molecule has 9 heteroatoms. The quantitative estimate of drug-likeness (QED) is 0.810. The minimum absolute atomic E-state index is 0.0681. The number of carboxylic acid groups (broad SMARTS) is 1. The monoisotopic (exact) mass is 267 g/mol. The van der Waals surface area contributed by atoms with Gasteiger partial charge in [-0.3, -0.25) is 5.32 Å². The van der Waals surface area contributed by atoms with Crippen molar-refractivity contribution in [3.8, 4) is 0 Å². The highest BCUT2D eigenvalue weighted by Gasteiger charge is 2.36. The lowest BCUT2D eigenvalue weighted by Crippen LogP contribution is -2.42. The number of halogens is 3. The SMILES string of the molecule is O=C([O-])C1NCC(c2csc(C(F)(F)F)n2)O1. The maximum absolute atomic E-state index is 12.3. The van der Waals surface area contributed by atoms with Crippen LogP contribution in [0, 0.1) is 0 Å². The summed E-state index contributed by atoms with van der Waals surface area (Å²) in [6.45, 7) is 0.0830. The first-order valence-electron chi connectivity index (χ1n) is 4.50. The number of carbonyl (C=O) groups is 1. The number of alkyl halides is 3. The third-order valence-corrected chi connectivity index (χ3v) is 3.00. The van der Waals surface area contributed by atoms with E-state index in [0.29, 0.717) is 11.3 Å². The lowest BCUT2D eigenvalue weighted by molar-refractivity contribution is -0.317. The van der Waals surface area contributed by atoms with Crippen LogP contribution in [-0.2, 0) is 15.7 Å². The number of carboxylic acids is 1. The van der Waals surface area contributed by atoms with Gasteiger partial charge in [-0.15, -0.1) is 11.3 Å². The number of nitrogens with one attached hydrogen (secondary N) is 1. The smallest absolute Gasteiger partial charge is 0.443 e. The number of aliphatic carboxylic acids is 1. The molecule has 1 N–H and O–H groups in total. The number of hydrogen-bond acceptors (Lipinski definition) is 6. The van der Waals surface area contributed by atoms with E-state index in [4.69, 9.17) is 4.74 Å². The van der Waals surface area contributed by atoms with Gasteiger partial charge in [0.05, 0.1) is 11.7 Å². The molecule has 0 amide bonds. The van der Waals surface area contributed by atoms with Crippen LogP contribution < -0.4 is 10.4 Å². The van der Waals surface area contributed by atoms with Gasteiger partial charge >= 0.3 is 6.18 Å². The highest BCUT2D eigenvalue weighted by atomic mass is 32.1. The minimum Gasteiger partial charge on any atom is -0.546 e. The van der Waals surface area contributed by atoms with Crippen LogP contribution in [0.3, 0.4) is 0 Å². The molecule has 1 aromatic heterocycles. The summed E-state index contributed by atoms with van der Waals surface area (Å²) in [5.74, 6) is -1.46. The average molecular weight is 267 g/mol. The normalized spacial score (nSPS) is 25.1. The van der Waals surface area contributed by atoms with Crippen molar-refractivity contribution in [1.29, 1.82) is 0 Å². The van der Waals surface area contributed by atoms with Crippen molar-refractivity contribution < 1.29 is 27.8 Å². The van der Waals surface area contributed by atoms with Crippen molar-refractivity contribution in [2.75, 3.05) is 6.54 Å². The molecule has 0 saturated carbocycles. The summed E-state index contributed by atoms with van der Waals surface area (Å²) in [6.07, 6.45) is -6.61. The molecule has 0 radical (unpaired) electrons. The molecule has 2 unspecified atom stereocenters. The Morgan fingerprint density at radius 2 is 2.35 bits per heavy atom. The molecule has 1 saturated heterocycles. The lowest BCUT2D eigenvalue weighted by Gasteiger charge is -2.11.